The van der Waals surface area contributed by atoms with Gasteiger partial charge in [0.2, 0.25) is 0 Å². The van der Waals surface area contributed by atoms with Crippen molar-refractivity contribution in [2.75, 3.05) is 32.6 Å². The van der Waals surface area contributed by atoms with Gasteiger partial charge in [0.25, 0.3) is 0 Å². The smallest absolute Gasteiger partial charge is 0.159 e. The third kappa shape index (κ3) is 5.59. The van der Waals surface area contributed by atoms with E-state index < -0.39 is 5.82 Å². The molecule has 4 heterocycles. The van der Waals surface area contributed by atoms with E-state index in [0.717, 1.165) is 39.8 Å². The molecule has 0 aliphatic carbocycles. The number of hydrogen-bond acceptors (Lipinski definition) is 7. The van der Waals surface area contributed by atoms with Crippen LogP contribution in [0.1, 0.15) is 13.8 Å². The van der Waals surface area contributed by atoms with Gasteiger partial charge in [0.05, 0.1) is 22.4 Å². The van der Waals surface area contributed by atoms with E-state index in [1.165, 1.54) is 12.1 Å². The van der Waals surface area contributed by atoms with Gasteiger partial charge in [-0.1, -0.05) is 6.07 Å². The Kier molecular flexibility index (Phi) is 7.07. The second-order valence-electron chi connectivity index (χ2n) is 10.6. The number of nitrogens with one attached hydrogen (secondary N) is 3. The number of fused-ring (bicyclic) bond motifs is 2. The van der Waals surface area contributed by atoms with Gasteiger partial charge in [-0.05, 0) is 69.9 Å². The van der Waals surface area contributed by atoms with Gasteiger partial charge in [0.15, 0.2) is 5.82 Å². The third-order valence-corrected chi connectivity index (χ3v) is 6.67. The number of imidazole rings is 1. The van der Waals surface area contributed by atoms with Crippen LogP contribution in [-0.2, 0) is 0 Å². The summed E-state index contributed by atoms with van der Waals surface area (Å²) in [4.78, 5) is 19.2. The van der Waals surface area contributed by atoms with Crippen LogP contribution in [0.15, 0.2) is 67.1 Å². The van der Waals surface area contributed by atoms with E-state index in [9.17, 15) is 4.39 Å². The zero-order chi connectivity index (χ0) is 28.5. The number of pyridine rings is 2. The molecular weight excluding hydrogens is 519 g/mol. The highest BCUT2D eigenvalue weighted by Gasteiger charge is 2.17. The van der Waals surface area contributed by atoms with Crippen molar-refractivity contribution in [1.29, 1.82) is 0 Å². The summed E-state index contributed by atoms with van der Waals surface area (Å²) in [5.74, 6) is 0.638. The number of likely N-dealkylation sites (N-methyl/N-ethyl adjacent to an activating group) is 1. The van der Waals surface area contributed by atoms with Crippen LogP contribution in [0.25, 0.3) is 55.8 Å². The molecule has 2 aromatic carbocycles. The van der Waals surface area contributed by atoms with Gasteiger partial charge in [0.1, 0.15) is 29.4 Å². The van der Waals surface area contributed by atoms with Crippen molar-refractivity contribution in [3.8, 4) is 39.7 Å². The van der Waals surface area contributed by atoms with Gasteiger partial charge in [-0.15, -0.1) is 0 Å². The minimum Gasteiger partial charge on any atom is -0.492 e. The zero-order valence-electron chi connectivity index (χ0n) is 23.4. The fourth-order valence-electron chi connectivity index (χ4n) is 4.77. The maximum Gasteiger partial charge on any atom is 0.159 e. The average molecular weight is 551 g/mol. The molecule has 0 spiro atoms. The van der Waals surface area contributed by atoms with Crippen LogP contribution in [0.2, 0.25) is 0 Å². The molecule has 6 rings (SSSR count). The maximum absolute atomic E-state index is 14.6. The predicted octanol–water partition coefficient (Wildman–Crippen LogP) is 6.13. The van der Waals surface area contributed by atoms with Gasteiger partial charge in [-0.25, -0.2) is 9.37 Å². The van der Waals surface area contributed by atoms with Crippen LogP contribution in [0.5, 0.6) is 5.75 Å². The molecule has 0 radical (unpaired) electrons. The van der Waals surface area contributed by atoms with Gasteiger partial charge in [-0.3, -0.25) is 15.1 Å². The van der Waals surface area contributed by atoms with Crippen molar-refractivity contribution in [1.82, 2.24) is 35.0 Å². The fourth-order valence-corrected chi connectivity index (χ4v) is 4.77. The van der Waals surface area contributed by atoms with E-state index in [2.05, 4.69) is 56.4 Å². The zero-order valence-corrected chi connectivity index (χ0v) is 23.4. The lowest BCUT2D eigenvalue weighted by Gasteiger charge is -2.12. The summed E-state index contributed by atoms with van der Waals surface area (Å²) in [5.41, 5.74) is 7.08. The second-order valence-corrected chi connectivity index (χ2v) is 10.6. The van der Waals surface area contributed by atoms with E-state index in [1.54, 1.807) is 12.3 Å². The first-order valence-corrected chi connectivity index (χ1v) is 13.5. The van der Waals surface area contributed by atoms with Crippen LogP contribution in [0.3, 0.4) is 0 Å². The topological polar surface area (TPSA) is 108 Å². The summed E-state index contributed by atoms with van der Waals surface area (Å²) in [6.45, 7) is 5.36. The molecule has 0 saturated carbocycles. The normalized spacial score (nSPS) is 11.7. The molecule has 4 aromatic heterocycles. The van der Waals surface area contributed by atoms with Crippen LogP contribution in [0.4, 0.5) is 10.1 Å². The van der Waals surface area contributed by atoms with Crippen molar-refractivity contribution < 1.29 is 9.13 Å². The number of rotatable bonds is 9. The lowest BCUT2D eigenvalue weighted by atomic mass is 10.0. The minimum absolute atomic E-state index is 0.303. The van der Waals surface area contributed by atoms with Crippen molar-refractivity contribution in [2.45, 2.75) is 19.9 Å². The Morgan fingerprint density at radius 3 is 2.66 bits per heavy atom. The molecule has 0 aliphatic rings. The van der Waals surface area contributed by atoms with Crippen molar-refractivity contribution in [3.63, 3.8) is 0 Å². The Hall–Kier alpha value is -4.83. The summed E-state index contributed by atoms with van der Waals surface area (Å²) < 4.78 is 20.4. The molecule has 9 nitrogen and oxygen atoms in total. The molecule has 0 atom stereocenters. The Morgan fingerprint density at radius 2 is 1.83 bits per heavy atom. The summed E-state index contributed by atoms with van der Waals surface area (Å²) in [5, 5.41) is 12.0. The number of halogens is 1. The summed E-state index contributed by atoms with van der Waals surface area (Å²) >= 11 is 0. The number of H-pyrrole nitrogens is 2. The molecule has 3 N–H and O–H groups in total. The van der Waals surface area contributed by atoms with Crippen LogP contribution >= 0.6 is 0 Å². The largest absolute Gasteiger partial charge is 0.492 e. The summed E-state index contributed by atoms with van der Waals surface area (Å²) in [6.07, 6.45) is 5.36. The van der Waals surface area contributed by atoms with E-state index in [4.69, 9.17) is 9.72 Å². The lowest BCUT2D eigenvalue weighted by Crippen LogP contribution is -2.19. The van der Waals surface area contributed by atoms with E-state index in [0.29, 0.717) is 46.7 Å². The van der Waals surface area contributed by atoms with Gasteiger partial charge >= 0.3 is 0 Å². The predicted molar refractivity (Wildman–Crippen MR) is 160 cm³/mol. The number of anilines is 1. The Labute approximate surface area is 236 Å². The van der Waals surface area contributed by atoms with Gasteiger partial charge in [-0.2, -0.15) is 5.10 Å². The highest BCUT2D eigenvalue weighted by Crippen LogP contribution is 2.34. The molecule has 10 heteroatoms. The van der Waals surface area contributed by atoms with Crippen molar-refractivity contribution in [2.24, 2.45) is 0 Å². The van der Waals surface area contributed by atoms with Crippen LogP contribution in [0, 0.1) is 5.82 Å². The third-order valence-electron chi connectivity index (χ3n) is 6.67. The first-order chi connectivity index (χ1) is 19.8. The molecule has 0 unspecified atom stereocenters. The number of aromatic nitrogens is 6. The van der Waals surface area contributed by atoms with Crippen molar-refractivity contribution in [3.05, 3.63) is 72.9 Å². The molecule has 6 aromatic rings. The first-order valence-electron chi connectivity index (χ1n) is 13.5. The van der Waals surface area contributed by atoms with E-state index in [1.807, 2.05) is 49.6 Å². The monoisotopic (exact) mass is 550 g/mol. The average Bonchev–Trinajstić information content (AvgIpc) is 3.56. The van der Waals surface area contributed by atoms with E-state index in [-0.39, 0.29) is 0 Å². The summed E-state index contributed by atoms with van der Waals surface area (Å²) in [7, 11) is 3.92. The number of aromatic amines is 2. The first kappa shape index (κ1) is 26.4. The lowest BCUT2D eigenvalue weighted by molar-refractivity contribution is 0.260. The second kappa shape index (κ2) is 11.0. The number of nitrogens with zero attached hydrogens (tertiary/aromatic N) is 5. The quantitative estimate of drug-likeness (QED) is 0.199. The number of benzene rings is 2. The Bertz CT molecular complexity index is 1840. The molecule has 41 heavy (non-hydrogen) atoms. The van der Waals surface area contributed by atoms with Crippen molar-refractivity contribution >= 4 is 27.6 Å². The SMILES string of the molecule is CC(C)Nc1cncc(-c2ccc3[nH]nc(-c4nc5c(-c6cc(F)cc(OCCN(C)C)c6)nccc5[nH]4)c3c2)c1. The Morgan fingerprint density at radius 1 is 0.951 bits per heavy atom. The minimum atomic E-state index is -0.398. The molecule has 208 valence electrons. The molecule has 0 bridgehead atoms. The molecular formula is C31H31FN8O. The van der Waals surface area contributed by atoms with Crippen LogP contribution in [-0.4, -0.2) is 68.3 Å². The van der Waals surface area contributed by atoms with Crippen LogP contribution < -0.4 is 10.1 Å². The number of hydrogen-bond donors (Lipinski definition) is 3. The maximum atomic E-state index is 14.6. The molecule has 0 saturated heterocycles. The van der Waals surface area contributed by atoms with Gasteiger partial charge < -0.3 is 19.9 Å². The molecule has 0 aliphatic heterocycles. The van der Waals surface area contributed by atoms with E-state index >= 15 is 0 Å². The van der Waals surface area contributed by atoms with Gasteiger partial charge in [0, 0.05) is 53.8 Å². The fraction of sp³-hybridized carbons (Fsp3) is 0.226. The Balaban J connectivity index is 1.37. The molecule has 0 amide bonds. The standard InChI is InChI=1S/C31H31FN8O/c1-18(2)35-23-12-21(16-33-17-23)19-5-6-26-25(14-19)29(39-38-26)31-36-27-7-8-34-28(30(27)37-31)20-11-22(32)15-24(13-20)41-10-9-40(3)4/h5-8,11-18,35H,9-10H2,1-4H3,(H,36,37)(H,38,39). The molecule has 0 fully saturated rings. The highest BCUT2D eigenvalue weighted by molar-refractivity contribution is 5.97. The number of ether oxygens (including phenoxy) is 1. The highest BCUT2D eigenvalue weighted by atomic mass is 19.1. The summed E-state index contributed by atoms with van der Waals surface area (Å²) in [6, 6.07) is 15.0.